The molecular weight excluding hydrogens is 459 g/mol. The molecule has 2 aliphatic heterocycles. The average Bonchev–Trinajstić information content (AvgIpc) is 2.89. The van der Waals surface area contributed by atoms with Gasteiger partial charge in [-0.05, 0) is 43.7 Å². The van der Waals surface area contributed by atoms with Crippen LogP contribution in [-0.4, -0.2) is 86.3 Å². The number of methoxy groups -OCH3 is 2. The van der Waals surface area contributed by atoms with Crippen molar-refractivity contribution in [1.29, 1.82) is 0 Å². The fraction of sp³-hybridized carbons (Fsp3) is 0.481. The minimum Gasteiger partial charge on any atom is -0.493 e. The molecule has 0 amide bonds. The number of ether oxygens (including phenoxy) is 2. The summed E-state index contributed by atoms with van der Waals surface area (Å²) in [7, 11) is 5.43. The molecule has 0 atom stereocenters. The van der Waals surface area contributed by atoms with Gasteiger partial charge in [-0.25, -0.2) is 9.37 Å². The van der Waals surface area contributed by atoms with E-state index >= 15 is 0 Å². The molecule has 2 aromatic carbocycles. The summed E-state index contributed by atoms with van der Waals surface area (Å²) in [6.45, 7) is 6.42. The molecule has 2 aliphatic rings. The number of halogens is 1. The summed E-state index contributed by atoms with van der Waals surface area (Å²) in [5.41, 5.74) is 1.85. The van der Waals surface area contributed by atoms with Crippen LogP contribution in [0.5, 0.6) is 11.5 Å². The molecule has 36 heavy (non-hydrogen) atoms. The van der Waals surface area contributed by atoms with E-state index in [1.54, 1.807) is 26.4 Å². The highest BCUT2D eigenvalue weighted by Gasteiger charge is 2.24. The number of rotatable bonds is 7. The normalized spacial score (nSPS) is 17.9. The van der Waals surface area contributed by atoms with Crippen molar-refractivity contribution < 1.29 is 13.9 Å². The van der Waals surface area contributed by atoms with E-state index in [-0.39, 0.29) is 5.82 Å². The van der Waals surface area contributed by atoms with Crippen LogP contribution in [0, 0.1) is 5.82 Å². The van der Waals surface area contributed by atoms with E-state index in [1.165, 1.54) is 6.07 Å². The molecule has 0 bridgehead atoms. The number of hydrogen-bond acceptors (Lipinski definition) is 8. The number of hydrogen-bond donors (Lipinski definition) is 1. The molecule has 3 heterocycles. The third-order valence-electron chi connectivity index (χ3n) is 7.20. The molecule has 9 heteroatoms. The van der Waals surface area contributed by atoms with Crippen molar-refractivity contribution in [3.63, 3.8) is 0 Å². The van der Waals surface area contributed by atoms with Gasteiger partial charge in [0.15, 0.2) is 11.5 Å². The van der Waals surface area contributed by atoms with Crippen LogP contribution in [0.2, 0.25) is 0 Å². The molecule has 0 aliphatic carbocycles. The zero-order valence-corrected chi connectivity index (χ0v) is 21.3. The van der Waals surface area contributed by atoms with E-state index < -0.39 is 0 Å². The number of nitrogens with zero attached hydrogens (tertiary/aromatic N) is 5. The van der Waals surface area contributed by atoms with E-state index in [4.69, 9.17) is 19.4 Å². The number of fused-ring (bicyclic) bond motifs is 1. The lowest BCUT2D eigenvalue weighted by Gasteiger charge is -2.34. The van der Waals surface area contributed by atoms with E-state index in [1.807, 2.05) is 18.2 Å². The number of likely N-dealkylation sites (tertiary alicyclic amines) is 1. The fourth-order valence-corrected chi connectivity index (χ4v) is 5.02. The predicted octanol–water partition coefficient (Wildman–Crippen LogP) is 3.61. The number of aromatic nitrogens is 2. The maximum Gasteiger partial charge on any atom is 0.227 e. The van der Waals surface area contributed by atoms with E-state index in [9.17, 15) is 4.39 Å². The van der Waals surface area contributed by atoms with Crippen LogP contribution < -0.4 is 19.7 Å². The van der Waals surface area contributed by atoms with E-state index in [0.29, 0.717) is 17.5 Å². The van der Waals surface area contributed by atoms with Crippen molar-refractivity contribution in [1.82, 2.24) is 19.8 Å². The van der Waals surface area contributed by atoms with Gasteiger partial charge in [0.1, 0.15) is 11.6 Å². The van der Waals surface area contributed by atoms with Gasteiger partial charge in [-0.3, -0.25) is 4.90 Å². The van der Waals surface area contributed by atoms with Crippen LogP contribution in [0.1, 0.15) is 18.4 Å². The number of anilines is 2. The minimum atomic E-state index is -0.178. The second-order valence-corrected chi connectivity index (χ2v) is 9.71. The fourth-order valence-electron chi connectivity index (χ4n) is 5.02. The highest BCUT2D eigenvalue weighted by molar-refractivity contribution is 5.93. The highest BCUT2D eigenvalue weighted by atomic mass is 19.1. The summed E-state index contributed by atoms with van der Waals surface area (Å²) >= 11 is 0. The van der Waals surface area contributed by atoms with E-state index in [0.717, 1.165) is 86.9 Å². The second-order valence-electron chi connectivity index (χ2n) is 9.71. The Labute approximate surface area is 212 Å². The Morgan fingerprint density at radius 2 is 1.67 bits per heavy atom. The Kier molecular flexibility index (Phi) is 7.38. The van der Waals surface area contributed by atoms with Crippen LogP contribution in [0.25, 0.3) is 10.9 Å². The SMILES string of the molecule is COc1cc2nc(N3CCN(C)CC3)nc(NC3CCN(Cc4cccc(F)c4)CC3)c2cc1OC. The molecule has 192 valence electrons. The molecule has 1 N–H and O–H groups in total. The van der Waals surface area contributed by atoms with Crippen molar-refractivity contribution in [2.45, 2.75) is 25.4 Å². The second kappa shape index (κ2) is 10.8. The quantitative estimate of drug-likeness (QED) is 0.535. The first-order valence-electron chi connectivity index (χ1n) is 12.6. The van der Waals surface area contributed by atoms with Crippen LogP contribution in [-0.2, 0) is 6.54 Å². The topological polar surface area (TPSA) is 66.0 Å². The molecule has 8 nitrogen and oxygen atoms in total. The van der Waals surface area contributed by atoms with Crippen molar-refractivity contribution in [3.05, 3.63) is 47.8 Å². The standard InChI is InChI=1S/C27H35FN6O2/c1-32-11-13-34(14-12-32)27-30-23-17-25(36-3)24(35-2)16-22(23)26(31-27)29-21-7-9-33(10-8-21)18-19-5-4-6-20(28)15-19/h4-6,15-17,21H,7-14,18H2,1-3H3,(H,29,30,31). The molecular formula is C27H35FN6O2. The lowest BCUT2D eigenvalue weighted by molar-refractivity contribution is 0.211. The Balaban J connectivity index is 1.36. The first-order chi connectivity index (χ1) is 17.5. The van der Waals surface area contributed by atoms with Gasteiger partial charge in [0.25, 0.3) is 0 Å². The van der Waals surface area contributed by atoms with Crippen LogP contribution in [0.15, 0.2) is 36.4 Å². The van der Waals surface area contributed by atoms with Gasteiger partial charge < -0.3 is 24.6 Å². The monoisotopic (exact) mass is 494 g/mol. The lowest BCUT2D eigenvalue weighted by Crippen LogP contribution is -2.45. The maximum atomic E-state index is 13.6. The third kappa shape index (κ3) is 5.47. The summed E-state index contributed by atoms with van der Waals surface area (Å²) in [4.78, 5) is 16.9. The van der Waals surface area contributed by atoms with Crippen molar-refractivity contribution in [2.24, 2.45) is 0 Å². The molecule has 2 saturated heterocycles. The Morgan fingerprint density at radius 3 is 2.36 bits per heavy atom. The molecule has 0 unspecified atom stereocenters. The number of piperazine rings is 1. The minimum absolute atomic E-state index is 0.178. The zero-order valence-electron chi connectivity index (χ0n) is 21.3. The number of piperidine rings is 1. The lowest BCUT2D eigenvalue weighted by atomic mass is 10.0. The Morgan fingerprint density at radius 1 is 0.944 bits per heavy atom. The average molecular weight is 495 g/mol. The highest BCUT2D eigenvalue weighted by Crippen LogP contribution is 2.35. The van der Waals surface area contributed by atoms with Gasteiger partial charge in [-0.1, -0.05) is 12.1 Å². The van der Waals surface area contributed by atoms with Gasteiger partial charge in [0.05, 0.1) is 19.7 Å². The molecule has 5 rings (SSSR count). The molecule has 2 fully saturated rings. The molecule has 3 aromatic rings. The predicted molar refractivity (Wildman–Crippen MR) is 141 cm³/mol. The zero-order chi connectivity index (χ0) is 25.1. The van der Waals surface area contributed by atoms with E-state index in [2.05, 4.69) is 27.1 Å². The number of nitrogens with one attached hydrogen (secondary N) is 1. The maximum absolute atomic E-state index is 13.6. The molecule has 0 saturated carbocycles. The van der Waals surface area contributed by atoms with Gasteiger partial charge >= 0.3 is 0 Å². The summed E-state index contributed by atoms with van der Waals surface area (Å²) in [5.74, 6) is 2.72. The van der Waals surface area contributed by atoms with Crippen molar-refractivity contribution in [2.75, 3.05) is 70.8 Å². The third-order valence-corrected chi connectivity index (χ3v) is 7.20. The summed E-state index contributed by atoms with van der Waals surface area (Å²) in [6, 6.07) is 11.1. The van der Waals surface area contributed by atoms with Crippen LogP contribution in [0.4, 0.5) is 16.2 Å². The summed E-state index contributed by atoms with van der Waals surface area (Å²) in [5, 5.41) is 4.65. The van der Waals surface area contributed by atoms with Crippen LogP contribution in [0.3, 0.4) is 0 Å². The first-order valence-corrected chi connectivity index (χ1v) is 12.6. The Bertz CT molecular complexity index is 1190. The van der Waals surface area contributed by atoms with Gasteiger partial charge in [0.2, 0.25) is 5.95 Å². The van der Waals surface area contributed by atoms with Gasteiger partial charge in [-0.15, -0.1) is 0 Å². The molecule has 0 spiro atoms. The Hall–Kier alpha value is -3.17. The van der Waals surface area contributed by atoms with Crippen LogP contribution >= 0.6 is 0 Å². The largest absolute Gasteiger partial charge is 0.493 e. The van der Waals surface area contributed by atoms with Crippen molar-refractivity contribution >= 4 is 22.7 Å². The summed E-state index contributed by atoms with van der Waals surface area (Å²) in [6.07, 6.45) is 1.97. The molecule has 1 aromatic heterocycles. The number of benzene rings is 2. The molecule has 0 radical (unpaired) electrons. The van der Waals surface area contributed by atoms with Gasteiger partial charge in [0, 0.05) is 63.3 Å². The summed E-state index contributed by atoms with van der Waals surface area (Å²) < 4.78 is 24.7. The smallest absolute Gasteiger partial charge is 0.227 e. The first kappa shape index (κ1) is 24.5. The van der Waals surface area contributed by atoms with Crippen molar-refractivity contribution in [3.8, 4) is 11.5 Å². The van der Waals surface area contributed by atoms with Gasteiger partial charge in [-0.2, -0.15) is 4.98 Å². The number of likely N-dealkylation sites (N-methyl/N-ethyl adjacent to an activating group) is 1.